The molecule has 0 N–H and O–H groups in total. The molecule has 0 aromatic carbocycles. The van der Waals surface area contributed by atoms with E-state index in [2.05, 4.69) is 27.7 Å². The first-order chi connectivity index (χ1) is 14.2. The molecular formula is C29H58. The minimum Gasteiger partial charge on any atom is -0.0654 e. The molecule has 1 saturated carbocycles. The van der Waals surface area contributed by atoms with E-state index in [1.54, 1.807) is 0 Å². The van der Waals surface area contributed by atoms with E-state index in [0.29, 0.717) is 0 Å². The van der Waals surface area contributed by atoms with Gasteiger partial charge in [0, 0.05) is 0 Å². The molecule has 1 rings (SSSR count). The van der Waals surface area contributed by atoms with Gasteiger partial charge in [-0.1, -0.05) is 156 Å². The van der Waals surface area contributed by atoms with Crippen LogP contribution in [-0.4, -0.2) is 0 Å². The monoisotopic (exact) mass is 406 g/mol. The van der Waals surface area contributed by atoms with Crippen LogP contribution in [0.25, 0.3) is 0 Å². The van der Waals surface area contributed by atoms with Gasteiger partial charge in [-0.15, -0.1) is 0 Å². The quantitative estimate of drug-likeness (QED) is 0.187. The lowest BCUT2D eigenvalue weighted by Crippen LogP contribution is -2.28. The fourth-order valence-corrected chi connectivity index (χ4v) is 5.89. The fourth-order valence-electron chi connectivity index (χ4n) is 5.89. The summed E-state index contributed by atoms with van der Waals surface area (Å²) in [6.07, 6.45) is 31.1. The number of unbranched alkanes of at least 4 members (excludes halogenated alkanes) is 14. The first-order valence-electron chi connectivity index (χ1n) is 14.2. The van der Waals surface area contributed by atoms with Gasteiger partial charge >= 0.3 is 0 Å². The van der Waals surface area contributed by atoms with E-state index in [4.69, 9.17) is 0 Å². The summed E-state index contributed by atoms with van der Waals surface area (Å²) >= 11 is 0. The van der Waals surface area contributed by atoms with Crippen molar-refractivity contribution in [2.75, 3.05) is 0 Å². The molecular weight excluding hydrogens is 348 g/mol. The summed E-state index contributed by atoms with van der Waals surface area (Å²) in [5, 5.41) is 0. The number of hydrogen-bond donors (Lipinski definition) is 0. The maximum Gasteiger partial charge on any atom is -0.0358 e. The molecule has 0 aromatic rings. The molecule has 3 atom stereocenters. The van der Waals surface area contributed by atoms with Gasteiger partial charge in [0.15, 0.2) is 0 Å². The summed E-state index contributed by atoms with van der Waals surface area (Å²) in [7, 11) is 0. The second kappa shape index (κ2) is 18.7. The highest BCUT2D eigenvalue weighted by Crippen LogP contribution is 2.41. The topological polar surface area (TPSA) is 0 Å². The molecule has 1 aliphatic carbocycles. The van der Waals surface area contributed by atoms with Crippen LogP contribution in [0.15, 0.2) is 0 Å². The molecule has 0 bridgehead atoms. The first-order valence-corrected chi connectivity index (χ1v) is 14.2. The van der Waals surface area contributed by atoms with E-state index >= 15 is 0 Å². The van der Waals surface area contributed by atoms with Gasteiger partial charge < -0.3 is 0 Å². The van der Waals surface area contributed by atoms with Crippen LogP contribution in [0.2, 0.25) is 0 Å². The molecule has 1 aliphatic rings. The largest absolute Gasteiger partial charge is 0.0654 e. The van der Waals surface area contributed by atoms with Gasteiger partial charge in [-0.2, -0.15) is 0 Å². The van der Waals surface area contributed by atoms with Crippen molar-refractivity contribution in [3.8, 4) is 0 Å². The highest BCUT2D eigenvalue weighted by Gasteiger charge is 2.31. The van der Waals surface area contributed by atoms with E-state index in [-0.39, 0.29) is 0 Å². The van der Waals surface area contributed by atoms with Crippen LogP contribution in [-0.2, 0) is 0 Å². The van der Waals surface area contributed by atoms with Gasteiger partial charge in [0.05, 0.1) is 0 Å². The van der Waals surface area contributed by atoms with Gasteiger partial charge in [-0.05, 0) is 30.1 Å². The maximum absolute atomic E-state index is 2.57. The van der Waals surface area contributed by atoms with Crippen molar-refractivity contribution in [1.29, 1.82) is 0 Å². The molecule has 0 unspecified atom stereocenters. The van der Waals surface area contributed by atoms with Crippen molar-refractivity contribution < 1.29 is 0 Å². The second-order valence-electron chi connectivity index (χ2n) is 10.8. The minimum atomic E-state index is 0.982. The highest BCUT2D eigenvalue weighted by molar-refractivity contribution is 4.81. The molecule has 0 heteroatoms. The Morgan fingerprint density at radius 3 is 1.41 bits per heavy atom. The Kier molecular flexibility index (Phi) is 17.5. The van der Waals surface area contributed by atoms with Crippen molar-refractivity contribution >= 4 is 0 Å². The smallest absolute Gasteiger partial charge is 0.0358 e. The van der Waals surface area contributed by atoms with Crippen LogP contribution in [0.3, 0.4) is 0 Å². The van der Waals surface area contributed by atoms with Gasteiger partial charge in [0.25, 0.3) is 0 Å². The minimum absolute atomic E-state index is 0.982. The predicted molar refractivity (Wildman–Crippen MR) is 134 cm³/mol. The van der Waals surface area contributed by atoms with Gasteiger partial charge in [-0.25, -0.2) is 0 Å². The van der Waals surface area contributed by atoms with Crippen molar-refractivity contribution in [1.82, 2.24) is 0 Å². The fraction of sp³-hybridized carbons (Fsp3) is 1.00. The van der Waals surface area contributed by atoms with Crippen molar-refractivity contribution in [3.05, 3.63) is 0 Å². The molecule has 0 heterocycles. The lowest BCUT2D eigenvalue weighted by atomic mass is 9.67. The second-order valence-corrected chi connectivity index (χ2v) is 10.8. The Balaban J connectivity index is 2.26. The highest BCUT2D eigenvalue weighted by atomic mass is 14.4. The third-order valence-corrected chi connectivity index (χ3v) is 7.98. The molecule has 174 valence electrons. The average molecular weight is 407 g/mol. The molecule has 0 amide bonds. The molecule has 0 spiro atoms. The van der Waals surface area contributed by atoms with E-state index < -0.39 is 0 Å². The van der Waals surface area contributed by atoms with E-state index in [1.807, 2.05) is 0 Å². The van der Waals surface area contributed by atoms with E-state index in [9.17, 15) is 0 Å². The predicted octanol–water partition coefficient (Wildman–Crippen LogP) is 10.7. The van der Waals surface area contributed by atoms with Crippen LogP contribution < -0.4 is 0 Å². The Hall–Kier alpha value is 0. The summed E-state index contributed by atoms with van der Waals surface area (Å²) in [6, 6.07) is 0. The zero-order valence-corrected chi connectivity index (χ0v) is 21.2. The molecule has 0 saturated heterocycles. The normalized spacial score (nSPS) is 22.4. The molecule has 0 radical (unpaired) electrons. The van der Waals surface area contributed by atoms with Crippen molar-refractivity contribution in [2.24, 2.45) is 23.7 Å². The Morgan fingerprint density at radius 1 is 0.552 bits per heavy atom. The van der Waals surface area contributed by atoms with Crippen LogP contribution >= 0.6 is 0 Å². The lowest BCUT2D eigenvalue weighted by molar-refractivity contribution is 0.122. The van der Waals surface area contributed by atoms with Crippen LogP contribution in [0, 0.1) is 23.7 Å². The Labute approximate surface area is 186 Å². The summed E-state index contributed by atoms with van der Waals surface area (Å²) in [6.45, 7) is 9.73. The third-order valence-electron chi connectivity index (χ3n) is 7.98. The Bertz CT molecular complexity index is 313. The zero-order valence-electron chi connectivity index (χ0n) is 21.2. The molecule has 0 aromatic heterocycles. The van der Waals surface area contributed by atoms with Crippen LogP contribution in [0.4, 0.5) is 0 Å². The zero-order chi connectivity index (χ0) is 21.2. The average Bonchev–Trinajstić information content (AvgIpc) is 2.72. The summed E-state index contributed by atoms with van der Waals surface area (Å²) in [4.78, 5) is 0. The molecule has 0 nitrogen and oxygen atoms in total. The van der Waals surface area contributed by atoms with Gasteiger partial charge in [0.1, 0.15) is 0 Å². The standard InChI is InChI=1S/C29H58/c1-5-7-9-11-13-15-17-19-21-28(29-25-26(3)23-24-27(29)4)22-20-18-16-14-12-10-8-6-2/h26-29H,5-25H2,1-4H3/t26-,27-,29-/m0/s1. The van der Waals surface area contributed by atoms with E-state index in [0.717, 1.165) is 23.7 Å². The van der Waals surface area contributed by atoms with Crippen molar-refractivity contribution in [3.63, 3.8) is 0 Å². The maximum atomic E-state index is 2.57. The summed E-state index contributed by atoms with van der Waals surface area (Å²) in [5.74, 6) is 4.04. The number of rotatable bonds is 19. The summed E-state index contributed by atoms with van der Waals surface area (Å²) in [5.41, 5.74) is 0. The van der Waals surface area contributed by atoms with Gasteiger partial charge in [-0.3, -0.25) is 0 Å². The van der Waals surface area contributed by atoms with Gasteiger partial charge in [0.2, 0.25) is 0 Å². The third kappa shape index (κ3) is 13.8. The Morgan fingerprint density at radius 2 is 0.966 bits per heavy atom. The van der Waals surface area contributed by atoms with Crippen LogP contribution in [0.5, 0.6) is 0 Å². The SMILES string of the molecule is CCCCCCCCCCC(CCCCCCCCCC)[C@H]1C[C@@H](C)CC[C@@H]1C. The van der Waals surface area contributed by atoms with Crippen molar-refractivity contribution in [2.45, 2.75) is 163 Å². The molecule has 0 aliphatic heterocycles. The first kappa shape index (κ1) is 27.0. The molecule has 29 heavy (non-hydrogen) atoms. The molecule has 1 fully saturated rings. The summed E-state index contributed by atoms with van der Waals surface area (Å²) < 4.78 is 0. The van der Waals surface area contributed by atoms with Crippen LogP contribution in [0.1, 0.15) is 163 Å². The lowest BCUT2D eigenvalue weighted by Gasteiger charge is -2.38. The number of hydrogen-bond acceptors (Lipinski definition) is 0. The van der Waals surface area contributed by atoms with E-state index in [1.165, 1.54) is 135 Å².